The molecule has 0 saturated carbocycles. The fourth-order valence-electron chi connectivity index (χ4n) is 2.41. The molecule has 0 bridgehead atoms. The van der Waals surface area contributed by atoms with Crippen LogP contribution in [0, 0.1) is 0 Å². The maximum absolute atomic E-state index is 12.3. The van der Waals surface area contributed by atoms with Crippen LogP contribution in [0.1, 0.15) is 32.1 Å². The number of benzene rings is 1. The maximum atomic E-state index is 12.3. The van der Waals surface area contributed by atoms with Crippen molar-refractivity contribution in [2.24, 2.45) is 10.7 Å². The summed E-state index contributed by atoms with van der Waals surface area (Å²) in [6, 6.07) is 5.71. The van der Waals surface area contributed by atoms with Gasteiger partial charge in [-0.3, -0.25) is 4.99 Å². The van der Waals surface area contributed by atoms with Crippen molar-refractivity contribution in [1.29, 1.82) is 0 Å². The van der Waals surface area contributed by atoms with Crippen molar-refractivity contribution in [3.05, 3.63) is 35.9 Å². The molecule has 7 heteroatoms. The van der Waals surface area contributed by atoms with Crippen LogP contribution in [0.4, 0.5) is 18.9 Å². The summed E-state index contributed by atoms with van der Waals surface area (Å²) >= 11 is 0. The zero-order valence-electron chi connectivity index (χ0n) is 12.7. The van der Waals surface area contributed by atoms with Gasteiger partial charge in [-0.05, 0) is 44.2 Å². The summed E-state index contributed by atoms with van der Waals surface area (Å²) in [6.07, 6.45) is 2.92. The normalized spacial score (nSPS) is 16.0. The molecule has 4 nitrogen and oxygen atoms in total. The van der Waals surface area contributed by atoms with Crippen molar-refractivity contribution in [1.82, 2.24) is 0 Å². The molecule has 1 aromatic carbocycles. The van der Waals surface area contributed by atoms with Crippen molar-refractivity contribution in [2.45, 2.75) is 38.5 Å². The number of aliphatic imine (C=N–C) groups is 1. The Kier molecular flexibility index (Phi) is 5.90. The third kappa shape index (κ3) is 6.22. The zero-order chi connectivity index (χ0) is 16.7. The summed E-state index contributed by atoms with van der Waals surface area (Å²) in [5.74, 6) is -0.271. The molecular formula is C16H20F3N3O. The van der Waals surface area contributed by atoms with Crippen LogP contribution < -0.4 is 15.8 Å². The molecule has 0 fully saturated rings. The van der Waals surface area contributed by atoms with E-state index in [-0.39, 0.29) is 17.4 Å². The zero-order valence-corrected chi connectivity index (χ0v) is 12.7. The van der Waals surface area contributed by atoms with Crippen LogP contribution >= 0.6 is 0 Å². The van der Waals surface area contributed by atoms with Gasteiger partial charge in [0, 0.05) is 6.54 Å². The van der Waals surface area contributed by atoms with Gasteiger partial charge < -0.3 is 15.8 Å². The number of anilines is 1. The lowest BCUT2D eigenvalue weighted by Gasteiger charge is -2.14. The number of allylic oxidation sites excluding steroid dienone is 1. The predicted octanol–water partition coefficient (Wildman–Crippen LogP) is 4.20. The predicted molar refractivity (Wildman–Crippen MR) is 84.4 cm³/mol. The summed E-state index contributed by atoms with van der Waals surface area (Å²) in [4.78, 5) is 4.16. The van der Waals surface area contributed by atoms with Crippen LogP contribution in [0.2, 0.25) is 0 Å². The van der Waals surface area contributed by atoms with E-state index in [0.29, 0.717) is 6.54 Å². The molecule has 23 heavy (non-hydrogen) atoms. The lowest BCUT2D eigenvalue weighted by molar-refractivity contribution is -0.274. The van der Waals surface area contributed by atoms with Crippen molar-refractivity contribution in [2.75, 3.05) is 11.9 Å². The number of halogens is 3. The number of hydrogen-bond donors (Lipinski definition) is 2. The van der Waals surface area contributed by atoms with Crippen molar-refractivity contribution >= 4 is 11.6 Å². The van der Waals surface area contributed by atoms with E-state index in [4.69, 9.17) is 5.73 Å². The Labute approximate surface area is 133 Å². The molecule has 1 aliphatic rings. The number of nitrogens with zero attached hydrogens (tertiary/aromatic N) is 1. The molecule has 0 amide bonds. The molecule has 1 aromatic rings. The fraction of sp³-hybridized carbons (Fsp3) is 0.438. The van der Waals surface area contributed by atoms with Crippen molar-refractivity contribution in [3.63, 3.8) is 0 Å². The molecule has 0 radical (unpaired) electrons. The molecule has 0 aliphatic heterocycles. The van der Waals surface area contributed by atoms with Crippen LogP contribution in [-0.4, -0.2) is 18.9 Å². The van der Waals surface area contributed by atoms with Gasteiger partial charge in [-0.25, -0.2) is 0 Å². The van der Waals surface area contributed by atoms with Gasteiger partial charge in [0.15, 0.2) is 11.7 Å². The molecule has 0 aromatic heterocycles. The largest absolute Gasteiger partial charge is 0.573 e. The maximum Gasteiger partial charge on any atom is 0.573 e. The van der Waals surface area contributed by atoms with Crippen LogP contribution in [0.15, 0.2) is 40.9 Å². The Balaban J connectivity index is 1.92. The number of alkyl halides is 3. The van der Waals surface area contributed by atoms with Crippen molar-refractivity contribution in [3.8, 4) is 5.75 Å². The van der Waals surface area contributed by atoms with E-state index < -0.39 is 6.36 Å². The molecule has 3 N–H and O–H groups in total. The van der Waals surface area contributed by atoms with Gasteiger partial charge in [0.05, 0.1) is 5.69 Å². The Morgan fingerprint density at radius 3 is 2.74 bits per heavy atom. The Morgan fingerprint density at radius 1 is 1.26 bits per heavy atom. The minimum atomic E-state index is -4.75. The highest BCUT2D eigenvalue weighted by Gasteiger charge is 2.32. The molecule has 0 heterocycles. The second-order valence-corrected chi connectivity index (χ2v) is 5.29. The first-order valence-corrected chi connectivity index (χ1v) is 7.54. The van der Waals surface area contributed by atoms with Gasteiger partial charge in [-0.2, -0.15) is 0 Å². The molecule has 0 saturated heterocycles. The second-order valence-electron chi connectivity index (χ2n) is 5.29. The first-order chi connectivity index (χ1) is 10.9. The highest BCUT2D eigenvalue weighted by Crippen LogP contribution is 2.29. The first-order valence-electron chi connectivity index (χ1n) is 7.54. The molecule has 0 spiro atoms. The molecular weight excluding hydrogens is 307 g/mol. The van der Waals surface area contributed by atoms with E-state index in [9.17, 15) is 13.2 Å². The molecule has 1 aliphatic carbocycles. The van der Waals surface area contributed by atoms with E-state index >= 15 is 0 Å². The van der Waals surface area contributed by atoms with E-state index in [2.05, 4.69) is 21.1 Å². The van der Waals surface area contributed by atoms with Gasteiger partial charge in [-0.1, -0.05) is 23.8 Å². The first kappa shape index (κ1) is 17.2. The smallest absolute Gasteiger partial charge is 0.404 e. The lowest BCUT2D eigenvalue weighted by atomic mass is 9.97. The van der Waals surface area contributed by atoms with E-state index in [0.717, 1.165) is 19.3 Å². The number of hydrogen-bond acceptors (Lipinski definition) is 2. The molecule has 126 valence electrons. The van der Waals surface area contributed by atoms with E-state index in [1.165, 1.54) is 36.6 Å². The van der Waals surface area contributed by atoms with Crippen molar-refractivity contribution < 1.29 is 17.9 Å². The Morgan fingerprint density at radius 2 is 2.04 bits per heavy atom. The van der Waals surface area contributed by atoms with Crippen LogP contribution in [-0.2, 0) is 0 Å². The number of nitrogens with one attached hydrogen (secondary N) is 1. The van der Waals surface area contributed by atoms with Crippen LogP contribution in [0.25, 0.3) is 0 Å². The third-order valence-electron chi connectivity index (χ3n) is 3.48. The lowest BCUT2D eigenvalue weighted by Crippen LogP contribution is -2.24. The monoisotopic (exact) mass is 327 g/mol. The van der Waals surface area contributed by atoms with E-state index in [1.54, 1.807) is 6.07 Å². The Bertz CT molecular complexity index is 582. The van der Waals surface area contributed by atoms with Gasteiger partial charge in [-0.15, -0.1) is 13.2 Å². The molecule has 2 rings (SSSR count). The van der Waals surface area contributed by atoms with Gasteiger partial charge >= 0.3 is 6.36 Å². The minimum absolute atomic E-state index is 0.0691. The third-order valence-corrected chi connectivity index (χ3v) is 3.48. The summed E-state index contributed by atoms with van der Waals surface area (Å²) < 4.78 is 41.0. The Hall–Kier alpha value is -2.18. The fourth-order valence-corrected chi connectivity index (χ4v) is 2.41. The molecule has 0 atom stereocenters. The van der Waals surface area contributed by atoms with Crippen LogP contribution in [0.5, 0.6) is 5.75 Å². The van der Waals surface area contributed by atoms with Gasteiger partial charge in [0.1, 0.15) is 0 Å². The summed E-state index contributed by atoms with van der Waals surface area (Å²) in [6.45, 7) is 0.507. The quantitative estimate of drug-likeness (QED) is 0.484. The summed E-state index contributed by atoms with van der Waals surface area (Å²) in [5, 5.41) is 2.65. The summed E-state index contributed by atoms with van der Waals surface area (Å²) in [5.41, 5.74) is 7.23. The number of rotatable bonds is 5. The van der Waals surface area contributed by atoms with Gasteiger partial charge in [0.25, 0.3) is 0 Å². The SMILES string of the molecule is NC(=NCCC1=CCCCC1)Nc1ccccc1OC(F)(F)F. The number of para-hydroxylation sites is 2. The number of ether oxygens (including phenoxy) is 1. The standard InChI is InChI=1S/C16H20F3N3O/c17-16(18,19)23-14-9-5-4-8-13(14)22-15(20)21-11-10-12-6-2-1-3-7-12/h4-6,8-9H,1-3,7,10-11H2,(H3,20,21,22). The van der Waals surface area contributed by atoms with E-state index in [1.807, 2.05) is 0 Å². The van der Waals surface area contributed by atoms with Crippen LogP contribution in [0.3, 0.4) is 0 Å². The highest BCUT2D eigenvalue weighted by atomic mass is 19.4. The number of nitrogens with two attached hydrogens (primary N) is 1. The average Bonchev–Trinajstić information content (AvgIpc) is 2.49. The topological polar surface area (TPSA) is 59.6 Å². The number of guanidine groups is 1. The highest BCUT2D eigenvalue weighted by molar-refractivity contribution is 5.93. The molecule has 0 unspecified atom stereocenters. The average molecular weight is 327 g/mol. The van der Waals surface area contributed by atoms with Gasteiger partial charge in [0.2, 0.25) is 0 Å². The minimum Gasteiger partial charge on any atom is -0.404 e. The second kappa shape index (κ2) is 7.89. The summed E-state index contributed by atoms with van der Waals surface area (Å²) in [7, 11) is 0.